The average molecular weight is 342 g/mol. The van der Waals surface area contributed by atoms with Crippen LogP contribution in [0.1, 0.15) is 31.4 Å². The van der Waals surface area contributed by atoms with Crippen LogP contribution in [-0.4, -0.2) is 29.2 Å². The Kier molecular flexibility index (Phi) is 4.77. The maximum Gasteiger partial charge on any atom is 0.332 e. The molecule has 0 aromatic heterocycles. The molecule has 0 radical (unpaired) electrons. The first kappa shape index (κ1) is 15.0. The SMILES string of the molecule is C[C@H](NC(=O)C1CCC(C(=O)O)O1)c1cccc(Br)c1. The standard InChI is InChI=1S/C14H16BrNO4/c1-8(9-3-2-4-10(15)7-9)16-13(17)11-5-6-12(20-11)14(18)19/h2-4,7-8,11-12H,5-6H2,1H3,(H,16,17)(H,18,19)/t8-,11?,12?/m0/s1. The largest absolute Gasteiger partial charge is 0.479 e. The highest BCUT2D eigenvalue weighted by atomic mass is 79.9. The molecule has 0 spiro atoms. The Morgan fingerprint density at radius 2 is 2.10 bits per heavy atom. The van der Waals surface area contributed by atoms with Crippen LogP contribution in [0.4, 0.5) is 0 Å². The van der Waals surface area contributed by atoms with E-state index in [-0.39, 0.29) is 11.9 Å². The van der Waals surface area contributed by atoms with Gasteiger partial charge in [0, 0.05) is 4.47 Å². The Labute approximate surface area is 125 Å². The van der Waals surface area contributed by atoms with Gasteiger partial charge in [-0.2, -0.15) is 0 Å². The zero-order chi connectivity index (χ0) is 14.7. The molecule has 2 N–H and O–H groups in total. The third-order valence-corrected chi connectivity index (χ3v) is 3.79. The second-order valence-corrected chi connectivity index (χ2v) is 5.73. The first-order valence-electron chi connectivity index (χ1n) is 6.41. The number of carbonyl (C=O) groups is 2. The van der Waals surface area contributed by atoms with Crippen LogP contribution in [0.3, 0.4) is 0 Å². The molecule has 0 bridgehead atoms. The Balaban J connectivity index is 1.93. The lowest BCUT2D eigenvalue weighted by Gasteiger charge is -2.17. The molecule has 1 aromatic carbocycles. The Hall–Kier alpha value is -1.40. The zero-order valence-electron chi connectivity index (χ0n) is 11.0. The van der Waals surface area contributed by atoms with Gasteiger partial charge in [-0.05, 0) is 37.5 Å². The van der Waals surface area contributed by atoms with Crippen LogP contribution in [0.5, 0.6) is 0 Å². The van der Waals surface area contributed by atoms with Crippen LogP contribution in [-0.2, 0) is 14.3 Å². The Morgan fingerprint density at radius 3 is 2.70 bits per heavy atom. The molecule has 2 unspecified atom stereocenters. The van der Waals surface area contributed by atoms with Crippen molar-refractivity contribution in [3.8, 4) is 0 Å². The molecule has 3 atom stereocenters. The lowest BCUT2D eigenvalue weighted by atomic mass is 10.1. The van der Waals surface area contributed by atoms with Crippen LogP contribution in [0.2, 0.25) is 0 Å². The van der Waals surface area contributed by atoms with Gasteiger partial charge in [0.1, 0.15) is 6.10 Å². The van der Waals surface area contributed by atoms with Crippen molar-refractivity contribution in [2.45, 2.75) is 38.0 Å². The molecule has 0 saturated carbocycles. The van der Waals surface area contributed by atoms with Crippen LogP contribution in [0.15, 0.2) is 28.7 Å². The number of aliphatic carboxylic acids is 1. The first-order chi connectivity index (χ1) is 9.47. The van der Waals surface area contributed by atoms with E-state index in [1.54, 1.807) is 0 Å². The number of hydrogen-bond acceptors (Lipinski definition) is 3. The summed E-state index contributed by atoms with van der Waals surface area (Å²) in [4.78, 5) is 22.8. The summed E-state index contributed by atoms with van der Waals surface area (Å²) in [6.07, 6.45) is -0.732. The normalized spacial score (nSPS) is 23.3. The molecule has 5 nitrogen and oxygen atoms in total. The molecule has 2 rings (SSSR count). The van der Waals surface area contributed by atoms with E-state index in [4.69, 9.17) is 9.84 Å². The zero-order valence-corrected chi connectivity index (χ0v) is 12.6. The van der Waals surface area contributed by atoms with E-state index in [1.165, 1.54) is 0 Å². The van der Waals surface area contributed by atoms with E-state index in [0.29, 0.717) is 12.8 Å². The molecule has 1 fully saturated rings. The predicted molar refractivity (Wildman–Crippen MR) is 76.2 cm³/mol. The molecule has 1 amide bonds. The number of rotatable bonds is 4. The molecular weight excluding hydrogens is 326 g/mol. The van der Waals surface area contributed by atoms with Crippen molar-refractivity contribution in [3.63, 3.8) is 0 Å². The van der Waals surface area contributed by atoms with E-state index in [2.05, 4.69) is 21.2 Å². The van der Waals surface area contributed by atoms with Crippen LogP contribution in [0, 0.1) is 0 Å². The van der Waals surface area contributed by atoms with Crippen molar-refractivity contribution < 1.29 is 19.4 Å². The van der Waals surface area contributed by atoms with Gasteiger partial charge in [-0.1, -0.05) is 28.1 Å². The van der Waals surface area contributed by atoms with Crippen molar-refractivity contribution in [1.82, 2.24) is 5.32 Å². The molecule has 1 saturated heterocycles. The summed E-state index contributed by atoms with van der Waals surface area (Å²) in [6, 6.07) is 7.50. The number of carbonyl (C=O) groups excluding carboxylic acids is 1. The number of nitrogens with one attached hydrogen (secondary N) is 1. The monoisotopic (exact) mass is 341 g/mol. The van der Waals surface area contributed by atoms with Gasteiger partial charge in [-0.15, -0.1) is 0 Å². The van der Waals surface area contributed by atoms with Crippen molar-refractivity contribution in [3.05, 3.63) is 34.3 Å². The number of carboxylic acid groups (broad SMARTS) is 1. The maximum absolute atomic E-state index is 12.0. The van der Waals surface area contributed by atoms with Gasteiger partial charge in [0.05, 0.1) is 6.04 Å². The number of ether oxygens (including phenoxy) is 1. The fraction of sp³-hybridized carbons (Fsp3) is 0.429. The number of carboxylic acids is 1. The summed E-state index contributed by atoms with van der Waals surface area (Å²) in [5.41, 5.74) is 0.973. The molecular formula is C14H16BrNO4. The fourth-order valence-corrected chi connectivity index (χ4v) is 2.59. The minimum atomic E-state index is -1.01. The van der Waals surface area contributed by atoms with E-state index in [1.807, 2.05) is 31.2 Å². The van der Waals surface area contributed by atoms with E-state index in [0.717, 1.165) is 10.0 Å². The summed E-state index contributed by atoms with van der Waals surface area (Å²) >= 11 is 3.38. The molecule has 1 aliphatic heterocycles. The minimum absolute atomic E-state index is 0.160. The highest BCUT2D eigenvalue weighted by Gasteiger charge is 2.35. The average Bonchev–Trinajstić information content (AvgIpc) is 2.88. The first-order valence-corrected chi connectivity index (χ1v) is 7.21. The number of benzene rings is 1. The van der Waals surface area contributed by atoms with Gasteiger partial charge in [-0.3, -0.25) is 4.79 Å². The van der Waals surface area contributed by atoms with E-state index in [9.17, 15) is 9.59 Å². The second-order valence-electron chi connectivity index (χ2n) is 4.81. The lowest BCUT2D eigenvalue weighted by molar-refractivity contribution is -0.151. The van der Waals surface area contributed by atoms with Gasteiger partial charge >= 0.3 is 5.97 Å². The van der Waals surface area contributed by atoms with Crippen LogP contribution >= 0.6 is 15.9 Å². The molecule has 20 heavy (non-hydrogen) atoms. The van der Waals surface area contributed by atoms with E-state index >= 15 is 0 Å². The molecule has 108 valence electrons. The summed E-state index contributed by atoms with van der Waals surface area (Å²) in [6.45, 7) is 1.88. The van der Waals surface area contributed by atoms with Gasteiger partial charge in [0.25, 0.3) is 0 Å². The maximum atomic E-state index is 12.0. The number of hydrogen-bond donors (Lipinski definition) is 2. The number of amides is 1. The van der Waals surface area contributed by atoms with Gasteiger partial charge in [0.2, 0.25) is 5.91 Å². The third kappa shape index (κ3) is 3.58. The third-order valence-electron chi connectivity index (χ3n) is 3.29. The summed E-state index contributed by atoms with van der Waals surface area (Å²) in [5.74, 6) is -1.28. The molecule has 1 heterocycles. The Morgan fingerprint density at radius 1 is 1.40 bits per heavy atom. The van der Waals surface area contributed by atoms with Crippen molar-refractivity contribution in [1.29, 1.82) is 0 Å². The van der Waals surface area contributed by atoms with Crippen LogP contribution < -0.4 is 5.32 Å². The smallest absolute Gasteiger partial charge is 0.332 e. The predicted octanol–water partition coefficient (Wildman–Crippen LogP) is 2.26. The highest BCUT2D eigenvalue weighted by Crippen LogP contribution is 2.22. The minimum Gasteiger partial charge on any atom is -0.479 e. The summed E-state index contributed by atoms with van der Waals surface area (Å²) in [5, 5.41) is 11.7. The van der Waals surface area contributed by atoms with Crippen LogP contribution in [0.25, 0.3) is 0 Å². The quantitative estimate of drug-likeness (QED) is 0.880. The van der Waals surface area contributed by atoms with E-state index < -0.39 is 18.2 Å². The lowest BCUT2D eigenvalue weighted by Crippen LogP contribution is -2.37. The summed E-state index contributed by atoms with van der Waals surface area (Å²) < 4.78 is 6.17. The molecule has 1 aromatic rings. The Bertz CT molecular complexity index is 520. The van der Waals surface area contributed by atoms with Gasteiger partial charge < -0.3 is 15.2 Å². The topological polar surface area (TPSA) is 75.6 Å². The highest BCUT2D eigenvalue weighted by molar-refractivity contribution is 9.10. The second kappa shape index (κ2) is 6.37. The molecule has 6 heteroatoms. The molecule has 0 aliphatic carbocycles. The number of halogens is 1. The fourth-order valence-electron chi connectivity index (χ4n) is 2.18. The molecule has 1 aliphatic rings. The summed E-state index contributed by atoms with van der Waals surface area (Å²) in [7, 11) is 0. The van der Waals surface area contributed by atoms with Crippen molar-refractivity contribution in [2.24, 2.45) is 0 Å². The van der Waals surface area contributed by atoms with Gasteiger partial charge in [-0.25, -0.2) is 4.79 Å². The van der Waals surface area contributed by atoms with Crippen molar-refractivity contribution in [2.75, 3.05) is 0 Å². The van der Waals surface area contributed by atoms with Crippen molar-refractivity contribution >= 4 is 27.8 Å². The van der Waals surface area contributed by atoms with Gasteiger partial charge in [0.15, 0.2) is 6.10 Å².